The van der Waals surface area contributed by atoms with Crippen LogP contribution in [-0.2, 0) is 9.47 Å². The normalized spacial score (nSPS) is 10.1. The van der Waals surface area contributed by atoms with Gasteiger partial charge in [-0.25, -0.2) is 9.59 Å². The van der Waals surface area contributed by atoms with Crippen LogP contribution in [0.2, 0.25) is 0 Å². The molecule has 0 unspecified atom stereocenters. The van der Waals surface area contributed by atoms with Gasteiger partial charge in [0.2, 0.25) is 0 Å². The number of unbranched alkanes of at least 4 members (excludes halogenated alkanes) is 2. The average Bonchev–Trinajstić information content (AvgIpc) is 2.72. The molecule has 0 atom stereocenters. The minimum absolute atomic E-state index is 0.414. The van der Waals surface area contributed by atoms with Crippen molar-refractivity contribution in [2.45, 2.75) is 19.3 Å². The topological polar surface area (TPSA) is 71.1 Å². The third-order valence-electron chi connectivity index (χ3n) is 3.89. The Morgan fingerprint density at radius 3 is 1.48 bits per heavy atom. The van der Waals surface area contributed by atoms with Gasteiger partial charge in [0.25, 0.3) is 0 Å². The van der Waals surface area contributed by atoms with Crippen molar-refractivity contribution in [2.75, 3.05) is 27.4 Å². The van der Waals surface area contributed by atoms with E-state index in [1.807, 2.05) is 12.1 Å². The molecule has 27 heavy (non-hydrogen) atoms. The molecule has 0 saturated carbocycles. The van der Waals surface area contributed by atoms with Gasteiger partial charge in [0.1, 0.15) is 22.6 Å². The summed E-state index contributed by atoms with van der Waals surface area (Å²) < 4.78 is 20.9. The summed E-state index contributed by atoms with van der Waals surface area (Å²) in [4.78, 5) is 23.4. The highest BCUT2D eigenvalue weighted by Crippen LogP contribution is 2.20. The second-order valence-electron chi connectivity index (χ2n) is 5.73. The molecule has 0 bridgehead atoms. The van der Waals surface area contributed by atoms with Crippen molar-refractivity contribution in [2.24, 2.45) is 0 Å². The Labute approximate surface area is 159 Å². The van der Waals surface area contributed by atoms with Gasteiger partial charge in [-0.1, -0.05) is 24.3 Å². The van der Waals surface area contributed by atoms with Crippen LogP contribution in [0.3, 0.4) is 0 Å². The number of methoxy groups -OCH3 is 2. The number of esters is 2. The van der Waals surface area contributed by atoms with E-state index < -0.39 is 11.9 Å². The first kappa shape index (κ1) is 20.3. The predicted molar refractivity (Wildman–Crippen MR) is 100 cm³/mol. The molecular weight excluding hydrogens is 348 g/mol. The quantitative estimate of drug-likeness (QED) is 0.465. The first-order chi connectivity index (χ1) is 13.2. The predicted octanol–water partition coefficient (Wildman–Crippen LogP) is 3.89. The third kappa shape index (κ3) is 6.02. The van der Waals surface area contributed by atoms with Crippen LogP contribution in [0.4, 0.5) is 0 Å². The largest absolute Gasteiger partial charge is 0.493 e. The van der Waals surface area contributed by atoms with E-state index in [4.69, 9.17) is 18.9 Å². The van der Waals surface area contributed by atoms with Gasteiger partial charge in [0.05, 0.1) is 27.4 Å². The van der Waals surface area contributed by atoms with Crippen molar-refractivity contribution in [3.05, 3.63) is 59.7 Å². The molecule has 0 aliphatic carbocycles. The lowest BCUT2D eigenvalue weighted by Crippen LogP contribution is -2.08. The van der Waals surface area contributed by atoms with Gasteiger partial charge in [-0.2, -0.15) is 0 Å². The molecule has 0 aromatic heterocycles. The Balaban J connectivity index is 1.71. The fraction of sp³-hybridized carbons (Fsp3) is 0.333. The number of hydrogen-bond acceptors (Lipinski definition) is 6. The Bertz CT molecular complexity index is 692. The third-order valence-corrected chi connectivity index (χ3v) is 3.89. The van der Waals surface area contributed by atoms with Gasteiger partial charge in [0.15, 0.2) is 0 Å². The van der Waals surface area contributed by atoms with Crippen LogP contribution < -0.4 is 9.47 Å². The molecule has 0 aliphatic heterocycles. The maximum atomic E-state index is 11.7. The summed E-state index contributed by atoms with van der Waals surface area (Å²) in [5.41, 5.74) is 0.838. The van der Waals surface area contributed by atoms with Crippen molar-refractivity contribution >= 4 is 11.9 Å². The molecule has 2 aromatic rings. The van der Waals surface area contributed by atoms with Crippen LogP contribution in [0, 0.1) is 0 Å². The Kier molecular flexibility index (Phi) is 8.16. The fourth-order valence-corrected chi connectivity index (χ4v) is 2.49. The molecule has 0 heterocycles. The zero-order valence-electron chi connectivity index (χ0n) is 15.6. The molecular formula is C21H24O6. The Hall–Kier alpha value is -3.02. The lowest BCUT2D eigenvalue weighted by Gasteiger charge is -2.11. The van der Waals surface area contributed by atoms with Crippen LogP contribution in [-0.4, -0.2) is 39.4 Å². The van der Waals surface area contributed by atoms with Gasteiger partial charge < -0.3 is 18.9 Å². The van der Waals surface area contributed by atoms with Crippen LogP contribution >= 0.6 is 0 Å². The van der Waals surface area contributed by atoms with E-state index in [9.17, 15) is 9.59 Å². The van der Waals surface area contributed by atoms with Crippen LogP contribution in [0.1, 0.15) is 40.0 Å². The van der Waals surface area contributed by atoms with E-state index in [1.54, 1.807) is 36.4 Å². The first-order valence-corrected chi connectivity index (χ1v) is 8.77. The lowest BCUT2D eigenvalue weighted by atomic mass is 10.2. The zero-order valence-corrected chi connectivity index (χ0v) is 15.6. The van der Waals surface area contributed by atoms with Crippen LogP contribution in [0.25, 0.3) is 0 Å². The minimum Gasteiger partial charge on any atom is -0.493 e. The zero-order chi connectivity index (χ0) is 19.5. The van der Waals surface area contributed by atoms with Gasteiger partial charge in [-0.3, -0.25) is 0 Å². The molecule has 0 spiro atoms. The lowest BCUT2D eigenvalue weighted by molar-refractivity contribution is 0.0587. The smallest absolute Gasteiger partial charge is 0.341 e. The van der Waals surface area contributed by atoms with Crippen molar-refractivity contribution in [3.8, 4) is 11.5 Å². The van der Waals surface area contributed by atoms with E-state index >= 15 is 0 Å². The molecule has 0 radical (unpaired) electrons. The maximum Gasteiger partial charge on any atom is 0.341 e. The van der Waals surface area contributed by atoms with Gasteiger partial charge in [-0.15, -0.1) is 0 Å². The Morgan fingerprint density at radius 1 is 0.667 bits per heavy atom. The van der Waals surface area contributed by atoms with Crippen LogP contribution in [0.5, 0.6) is 11.5 Å². The standard InChI is InChI=1S/C21H24O6/c1-24-20(22)16-10-4-6-12-18(16)26-14-8-3-9-15-27-19-13-7-5-11-17(19)21(23)25-2/h4-7,10-13H,3,8-9,14-15H2,1-2H3. The van der Waals surface area contributed by atoms with E-state index in [1.165, 1.54) is 14.2 Å². The summed E-state index contributed by atoms with van der Waals surface area (Å²) in [5.74, 6) is 0.215. The highest BCUT2D eigenvalue weighted by Gasteiger charge is 2.12. The van der Waals surface area contributed by atoms with Crippen molar-refractivity contribution in [3.63, 3.8) is 0 Å². The SMILES string of the molecule is COC(=O)c1ccccc1OCCCCCOc1ccccc1C(=O)OC. The molecule has 6 heteroatoms. The minimum atomic E-state index is -0.414. The van der Waals surface area contributed by atoms with Gasteiger partial charge >= 0.3 is 11.9 Å². The van der Waals surface area contributed by atoms with Crippen LogP contribution in [0.15, 0.2) is 48.5 Å². The number of ether oxygens (including phenoxy) is 4. The second kappa shape index (κ2) is 10.9. The molecule has 0 N–H and O–H groups in total. The van der Waals surface area contributed by atoms with Gasteiger partial charge in [0, 0.05) is 0 Å². The number of benzene rings is 2. The molecule has 6 nitrogen and oxygen atoms in total. The second-order valence-corrected chi connectivity index (χ2v) is 5.73. The summed E-state index contributed by atoms with van der Waals surface area (Å²) >= 11 is 0. The molecule has 2 rings (SSSR count). The van der Waals surface area contributed by atoms with Crippen molar-refractivity contribution < 1.29 is 28.5 Å². The molecule has 2 aromatic carbocycles. The maximum absolute atomic E-state index is 11.7. The fourth-order valence-electron chi connectivity index (χ4n) is 2.49. The summed E-state index contributed by atoms with van der Waals surface area (Å²) in [5, 5.41) is 0. The van der Waals surface area contributed by atoms with Crippen molar-refractivity contribution in [1.29, 1.82) is 0 Å². The average molecular weight is 372 g/mol. The summed E-state index contributed by atoms with van der Waals surface area (Å²) in [6, 6.07) is 14.0. The van der Waals surface area contributed by atoms with E-state index in [0.717, 1.165) is 19.3 Å². The van der Waals surface area contributed by atoms with E-state index in [0.29, 0.717) is 35.8 Å². The van der Waals surface area contributed by atoms with E-state index in [-0.39, 0.29) is 0 Å². The van der Waals surface area contributed by atoms with Crippen molar-refractivity contribution in [1.82, 2.24) is 0 Å². The summed E-state index contributed by atoms with van der Waals surface area (Å²) in [7, 11) is 2.69. The number of carbonyl (C=O) groups is 2. The number of para-hydroxylation sites is 2. The molecule has 0 amide bonds. The molecule has 0 saturated heterocycles. The molecule has 0 aliphatic rings. The summed E-state index contributed by atoms with van der Waals surface area (Å²) in [6.07, 6.45) is 2.52. The highest BCUT2D eigenvalue weighted by atomic mass is 16.5. The summed E-state index contributed by atoms with van der Waals surface area (Å²) in [6.45, 7) is 0.986. The number of carbonyl (C=O) groups excluding carboxylic acids is 2. The molecule has 144 valence electrons. The number of rotatable bonds is 10. The van der Waals surface area contributed by atoms with E-state index in [2.05, 4.69) is 0 Å². The molecule has 0 fully saturated rings. The first-order valence-electron chi connectivity index (χ1n) is 8.77. The number of hydrogen-bond donors (Lipinski definition) is 0. The highest BCUT2D eigenvalue weighted by molar-refractivity contribution is 5.92. The Morgan fingerprint density at radius 2 is 1.07 bits per heavy atom. The monoisotopic (exact) mass is 372 g/mol. The van der Waals surface area contributed by atoms with Gasteiger partial charge in [-0.05, 0) is 43.5 Å².